The molecule has 1 saturated heterocycles. The molecule has 13 heteroatoms. The zero-order valence-corrected chi connectivity index (χ0v) is 23.3. The average molecular weight is 610 g/mol. The number of ether oxygens (including phenoxy) is 1. The van der Waals surface area contributed by atoms with Crippen molar-refractivity contribution in [2.45, 2.75) is 44.1 Å². The molecule has 0 unspecified atom stereocenters. The Morgan fingerprint density at radius 1 is 1.11 bits per heavy atom. The number of nitrogens with one attached hydrogen (secondary N) is 3. The van der Waals surface area contributed by atoms with Gasteiger partial charge < -0.3 is 25.3 Å². The summed E-state index contributed by atoms with van der Waals surface area (Å²) in [5, 5.41) is 6.09. The maximum Gasteiger partial charge on any atom is 0.345 e. The molecular formula is C31H27F4N5O4. The number of carbonyl (C=O) groups excluding carboxylic acids is 3. The van der Waals surface area contributed by atoms with Crippen LogP contribution in [-0.4, -0.2) is 64.4 Å². The van der Waals surface area contributed by atoms with Crippen molar-refractivity contribution < 1.29 is 36.7 Å². The SMILES string of the molecule is C[C@@H](NC(=O)[C@@H]1C[C@@H](OC(F)F)CN1C(=O)CNC(=O)c1cccc2c1-c1ccccc1C2(F)F)c1cc2cnccc2[nH]1. The van der Waals surface area contributed by atoms with E-state index in [-0.39, 0.29) is 40.8 Å². The molecule has 3 atom stereocenters. The molecule has 3 heterocycles. The summed E-state index contributed by atoms with van der Waals surface area (Å²) >= 11 is 0. The Balaban J connectivity index is 1.17. The van der Waals surface area contributed by atoms with Gasteiger partial charge >= 0.3 is 6.61 Å². The van der Waals surface area contributed by atoms with Crippen LogP contribution in [0.5, 0.6) is 0 Å². The van der Waals surface area contributed by atoms with E-state index in [4.69, 9.17) is 0 Å². The Labute approximate surface area is 248 Å². The van der Waals surface area contributed by atoms with Crippen LogP contribution in [0.4, 0.5) is 17.6 Å². The van der Waals surface area contributed by atoms with Crippen molar-refractivity contribution in [2.75, 3.05) is 13.1 Å². The van der Waals surface area contributed by atoms with Gasteiger partial charge in [0.2, 0.25) is 11.8 Å². The molecule has 0 bridgehead atoms. The number of aromatic amines is 1. The van der Waals surface area contributed by atoms with E-state index in [1.165, 1.54) is 36.4 Å². The first-order valence-electron chi connectivity index (χ1n) is 13.9. The van der Waals surface area contributed by atoms with Gasteiger partial charge in [-0.05, 0) is 30.7 Å². The van der Waals surface area contributed by atoms with Gasteiger partial charge in [0.25, 0.3) is 11.8 Å². The lowest BCUT2D eigenvalue weighted by atomic mass is 9.99. The molecule has 0 radical (unpaired) electrons. The minimum atomic E-state index is -3.30. The summed E-state index contributed by atoms with van der Waals surface area (Å²) in [4.78, 5) is 48.2. The number of nitrogens with zero attached hydrogens (tertiary/aromatic N) is 2. The summed E-state index contributed by atoms with van der Waals surface area (Å²) in [6.45, 7) is -2.29. The maximum atomic E-state index is 15.1. The normalized spacial score (nSPS) is 19.1. The number of likely N-dealkylation sites (tertiary alicyclic amines) is 1. The van der Waals surface area contributed by atoms with E-state index >= 15 is 8.78 Å². The molecule has 1 aliphatic heterocycles. The number of H-pyrrole nitrogens is 1. The summed E-state index contributed by atoms with van der Waals surface area (Å²) < 4.78 is 60.9. The number of hydrogen-bond donors (Lipinski definition) is 3. The zero-order chi connectivity index (χ0) is 31.2. The van der Waals surface area contributed by atoms with Gasteiger partial charge in [0.15, 0.2) is 0 Å². The first-order chi connectivity index (χ1) is 21.0. The van der Waals surface area contributed by atoms with Gasteiger partial charge in [0, 0.05) is 64.2 Å². The minimum Gasteiger partial charge on any atom is -0.357 e. The topological polar surface area (TPSA) is 116 Å². The van der Waals surface area contributed by atoms with Gasteiger partial charge in [-0.1, -0.05) is 36.4 Å². The first kappa shape index (κ1) is 29.3. The van der Waals surface area contributed by atoms with Crippen molar-refractivity contribution >= 4 is 28.6 Å². The molecule has 1 aliphatic carbocycles. The standard InChI is InChI=1S/C31H27F4N5O4/c1-16(24-11-17-13-36-10-9-23(17)39-24)38-29(43)25-12-18(44-30(32)33)15-40(25)26(41)14-37-28(42)20-6-4-8-22-27(20)19-5-2-3-7-21(19)31(22,34)35/h2-11,13,16,18,25,30,39H,12,14-15H2,1H3,(H,37,42)(H,38,43)/t16-,18-,25+/m1/s1. The first-order valence-corrected chi connectivity index (χ1v) is 13.9. The van der Waals surface area contributed by atoms with E-state index in [9.17, 15) is 23.2 Å². The highest BCUT2D eigenvalue weighted by Crippen LogP contribution is 2.51. The van der Waals surface area contributed by atoms with Crippen LogP contribution in [0.1, 0.15) is 46.6 Å². The molecule has 3 amide bonds. The van der Waals surface area contributed by atoms with E-state index < -0.39 is 55.0 Å². The highest BCUT2D eigenvalue weighted by atomic mass is 19.3. The molecule has 0 saturated carbocycles. The van der Waals surface area contributed by atoms with Crippen molar-refractivity contribution in [3.63, 3.8) is 0 Å². The number of alkyl halides is 4. The highest BCUT2D eigenvalue weighted by Gasteiger charge is 2.46. The van der Waals surface area contributed by atoms with Gasteiger partial charge in [-0.25, -0.2) is 0 Å². The Morgan fingerprint density at radius 2 is 1.89 bits per heavy atom. The monoisotopic (exact) mass is 609 g/mol. The lowest BCUT2D eigenvalue weighted by molar-refractivity contribution is -0.160. The van der Waals surface area contributed by atoms with Gasteiger partial charge in [0.1, 0.15) is 6.04 Å². The molecule has 4 aromatic rings. The molecule has 0 spiro atoms. The number of aromatic nitrogens is 2. The zero-order valence-electron chi connectivity index (χ0n) is 23.3. The van der Waals surface area contributed by atoms with Gasteiger partial charge in [-0.2, -0.15) is 17.6 Å². The van der Waals surface area contributed by atoms with Crippen molar-refractivity contribution in [1.82, 2.24) is 25.5 Å². The van der Waals surface area contributed by atoms with E-state index in [1.54, 1.807) is 31.5 Å². The van der Waals surface area contributed by atoms with E-state index in [0.717, 1.165) is 15.8 Å². The molecule has 2 aliphatic rings. The van der Waals surface area contributed by atoms with E-state index in [1.807, 2.05) is 6.07 Å². The fourth-order valence-corrected chi connectivity index (χ4v) is 5.95. The Hall–Kier alpha value is -4.78. The minimum absolute atomic E-state index is 0.0445. The molecule has 1 fully saturated rings. The molecule has 6 rings (SSSR count). The molecule has 228 valence electrons. The molecule has 2 aromatic carbocycles. The number of carbonyl (C=O) groups is 3. The lowest BCUT2D eigenvalue weighted by Crippen LogP contribution is -2.49. The number of fused-ring (bicyclic) bond motifs is 4. The number of rotatable bonds is 8. The van der Waals surface area contributed by atoms with Gasteiger partial charge in [-0.3, -0.25) is 19.4 Å². The van der Waals surface area contributed by atoms with Crippen LogP contribution in [0.15, 0.2) is 67.0 Å². The highest BCUT2D eigenvalue weighted by molar-refractivity contribution is 6.05. The molecular weight excluding hydrogens is 582 g/mol. The van der Waals surface area contributed by atoms with Crippen LogP contribution >= 0.6 is 0 Å². The van der Waals surface area contributed by atoms with Crippen LogP contribution < -0.4 is 10.6 Å². The fraction of sp³-hybridized carbons (Fsp3) is 0.290. The summed E-state index contributed by atoms with van der Waals surface area (Å²) in [5.74, 6) is -5.38. The Kier molecular flexibility index (Phi) is 7.58. The Morgan fingerprint density at radius 3 is 2.66 bits per heavy atom. The van der Waals surface area contributed by atoms with Crippen molar-refractivity contribution in [2.24, 2.45) is 0 Å². The molecule has 3 N–H and O–H groups in total. The number of benzene rings is 2. The van der Waals surface area contributed by atoms with E-state index in [2.05, 4.69) is 25.3 Å². The molecule has 2 aromatic heterocycles. The third kappa shape index (κ3) is 5.27. The fourth-order valence-electron chi connectivity index (χ4n) is 5.95. The summed E-state index contributed by atoms with van der Waals surface area (Å²) in [5.41, 5.74) is 1.19. The van der Waals surface area contributed by atoms with Crippen molar-refractivity contribution in [3.05, 3.63) is 89.4 Å². The maximum absolute atomic E-state index is 15.1. The van der Waals surface area contributed by atoms with Gasteiger partial charge in [-0.15, -0.1) is 0 Å². The number of halogens is 4. The largest absolute Gasteiger partial charge is 0.357 e. The third-order valence-electron chi connectivity index (χ3n) is 8.03. The second-order valence-electron chi connectivity index (χ2n) is 10.8. The van der Waals surface area contributed by atoms with Crippen molar-refractivity contribution in [1.29, 1.82) is 0 Å². The van der Waals surface area contributed by atoms with Gasteiger partial charge in [0.05, 0.1) is 18.7 Å². The average Bonchev–Trinajstić information content (AvgIpc) is 3.69. The van der Waals surface area contributed by atoms with Crippen LogP contribution in [-0.2, 0) is 20.2 Å². The Bertz CT molecular complexity index is 1730. The second kappa shape index (κ2) is 11.4. The number of hydrogen-bond acceptors (Lipinski definition) is 5. The van der Waals surface area contributed by atoms with Crippen molar-refractivity contribution in [3.8, 4) is 11.1 Å². The third-order valence-corrected chi connectivity index (χ3v) is 8.03. The summed E-state index contributed by atoms with van der Waals surface area (Å²) in [6, 6.07) is 11.8. The predicted molar refractivity (Wildman–Crippen MR) is 151 cm³/mol. The van der Waals surface area contributed by atoms with Crippen LogP contribution in [0.2, 0.25) is 0 Å². The molecule has 9 nitrogen and oxygen atoms in total. The van der Waals surface area contributed by atoms with E-state index in [0.29, 0.717) is 5.69 Å². The smallest absolute Gasteiger partial charge is 0.345 e. The summed E-state index contributed by atoms with van der Waals surface area (Å²) in [6.07, 6.45) is 1.98. The van der Waals surface area contributed by atoms with Crippen LogP contribution in [0.3, 0.4) is 0 Å². The summed E-state index contributed by atoms with van der Waals surface area (Å²) in [7, 11) is 0. The van der Waals surface area contributed by atoms with Crippen LogP contribution in [0.25, 0.3) is 22.0 Å². The second-order valence-corrected chi connectivity index (χ2v) is 10.8. The predicted octanol–water partition coefficient (Wildman–Crippen LogP) is 4.50. The quantitative estimate of drug-likeness (QED) is 0.255. The number of amides is 3. The lowest BCUT2D eigenvalue weighted by Gasteiger charge is -2.25. The number of pyridine rings is 1. The van der Waals surface area contributed by atoms with Crippen LogP contribution in [0, 0.1) is 0 Å². The molecule has 44 heavy (non-hydrogen) atoms.